The average molecular weight is 149 g/mol. The van der Waals surface area contributed by atoms with Crippen LogP contribution < -0.4 is 5.73 Å². The van der Waals surface area contributed by atoms with Crippen LogP contribution in [-0.2, 0) is 0 Å². The van der Waals surface area contributed by atoms with Crippen LogP contribution in [-0.4, -0.2) is 4.98 Å². The minimum absolute atomic E-state index is 0.0235. The Kier molecular flexibility index (Phi) is 2.70. The number of hydrogen-bond donors (Lipinski definition) is 2. The van der Waals surface area contributed by atoms with Gasteiger partial charge in [0.05, 0.1) is 6.07 Å². The Morgan fingerprint density at radius 1 is 1.73 bits per heavy atom. The zero-order chi connectivity index (χ0) is 8.10. The molecule has 0 saturated heterocycles. The third-order valence-electron chi connectivity index (χ3n) is 1.59. The van der Waals surface area contributed by atoms with Gasteiger partial charge in [0.15, 0.2) is 0 Å². The summed E-state index contributed by atoms with van der Waals surface area (Å²) in [4.78, 5) is 3.01. The average Bonchev–Trinajstić information content (AvgIpc) is 2.52. The Morgan fingerprint density at radius 2 is 2.55 bits per heavy atom. The van der Waals surface area contributed by atoms with Crippen LogP contribution in [0.25, 0.3) is 0 Å². The molecule has 0 bridgehead atoms. The van der Waals surface area contributed by atoms with E-state index in [1.54, 1.807) is 0 Å². The molecule has 1 atom stereocenters. The molecule has 0 aliphatic carbocycles. The number of aromatic nitrogens is 1. The fourth-order valence-corrected chi connectivity index (χ4v) is 0.950. The number of aromatic amines is 1. The fraction of sp³-hybridized carbons (Fsp3) is 0.375. The first-order valence-electron chi connectivity index (χ1n) is 3.60. The van der Waals surface area contributed by atoms with E-state index in [4.69, 9.17) is 11.0 Å². The predicted octanol–water partition coefficient (Wildman–Crippen LogP) is 1.32. The number of H-pyrrole nitrogens is 1. The lowest BCUT2D eigenvalue weighted by Gasteiger charge is -2.05. The normalized spacial score (nSPS) is 12.4. The molecule has 1 rings (SSSR count). The minimum Gasteiger partial charge on any atom is -0.364 e. The highest BCUT2D eigenvalue weighted by Gasteiger charge is 2.04. The highest BCUT2D eigenvalue weighted by atomic mass is 14.8. The van der Waals surface area contributed by atoms with E-state index in [9.17, 15) is 0 Å². The first-order valence-corrected chi connectivity index (χ1v) is 3.60. The molecule has 11 heavy (non-hydrogen) atoms. The van der Waals surface area contributed by atoms with Gasteiger partial charge in [0.25, 0.3) is 0 Å². The van der Waals surface area contributed by atoms with Gasteiger partial charge in [-0.05, 0) is 18.6 Å². The molecule has 0 radical (unpaired) electrons. The second-order valence-corrected chi connectivity index (χ2v) is 2.43. The molecule has 58 valence electrons. The summed E-state index contributed by atoms with van der Waals surface area (Å²) in [6, 6.07) is 5.88. The van der Waals surface area contributed by atoms with Crippen LogP contribution in [0.3, 0.4) is 0 Å². The van der Waals surface area contributed by atoms with Crippen LogP contribution in [0, 0.1) is 11.3 Å². The van der Waals surface area contributed by atoms with Crippen LogP contribution in [0.2, 0.25) is 0 Å². The third-order valence-corrected chi connectivity index (χ3v) is 1.59. The SMILES string of the molecule is N#CCCC(N)c1ccc[nH]1. The number of nitrogens with zero attached hydrogens (tertiary/aromatic N) is 1. The van der Waals surface area contributed by atoms with Crippen molar-refractivity contribution in [3.63, 3.8) is 0 Å². The van der Waals surface area contributed by atoms with Gasteiger partial charge in [0.2, 0.25) is 0 Å². The molecular weight excluding hydrogens is 138 g/mol. The zero-order valence-corrected chi connectivity index (χ0v) is 6.25. The van der Waals surface area contributed by atoms with Crippen molar-refractivity contribution in [2.24, 2.45) is 5.73 Å². The standard InChI is InChI=1S/C8H11N3/c9-5-1-3-7(10)8-4-2-6-11-8/h2,4,6-7,11H,1,3,10H2. The van der Waals surface area contributed by atoms with Gasteiger partial charge in [0.1, 0.15) is 0 Å². The van der Waals surface area contributed by atoms with Gasteiger partial charge in [-0.15, -0.1) is 0 Å². The lowest BCUT2D eigenvalue weighted by atomic mass is 10.1. The second kappa shape index (κ2) is 3.79. The summed E-state index contributed by atoms with van der Waals surface area (Å²) in [7, 11) is 0. The molecular formula is C8H11N3. The van der Waals surface area contributed by atoms with Crippen LogP contribution in [0.4, 0.5) is 0 Å². The molecule has 0 aliphatic heterocycles. The Bertz CT molecular complexity index is 232. The molecule has 1 aromatic heterocycles. The highest BCUT2D eigenvalue weighted by Crippen LogP contribution is 2.11. The molecule has 1 unspecified atom stereocenters. The minimum atomic E-state index is -0.0235. The van der Waals surface area contributed by atoms with E-state index in [0.29, 0.717) is 6.42 Å². The maximum absolute atomic E-state index is 8.30. The van der Waals surface area contributed by atoms with Crippen LogP contribution >= 0.6 is 0 Å². The maximum Gasteiger partial charge on any atom is 0.0622 e. The highest BCUT2D eigenvalue weighted by molar-refractivity contribution is 5.08. The molecule has 0 spiro atoms. The molecule has 3 nitrogen and oxygen atoms in total. The Balaban J connectivity index is 2.44. The van der Waals surface area contributed by atoms with E-state index in [1.807, 2.05) is 18.3 Å². The van der Waals surface area contributed by atoms with Crippen molar-refractivity contribution in [1.82, 2.24) is 4.98 Å². The molecule has 0 amide bonds. The first kappa shape index (κ1) is 7.83. The van der Waals surface area contributed by atoms with Crippen molar-refractivity contribution in [3.8, 4) is 6.07 Å². The summed E-state index contributed by atoms with van der Waals surface area (Å²) in [5.41, 5.74) is 6.74. The first-order chi connectivity index (χ1) is 5.34. The van der Waals surface area contributed by atoms with Crippen LogP contribution in [0.5, 0.6) is 0 Å². The molecule has 0 aromatic carbocycles. The fourth-order valence-electron chi connectivity index (χ4n) is 0.950. The van der Waals surface area contributed by atoms with Gasteiger partial charge < -0.3 is 10.7 Å². The second-order valence-electron chi connectivity index (χ2n) is 2.43. The summed E-state index contributed by atoms with van der Waals surface area (Å²) in [5.74, 6) is 0. The molecule has 3 N–H and O–H groups in total. The van der Waals surface area contributed by atoms with Crippen molar-refractivity contribution in [1.29, 1.82) is 5.26 Å². The van der Waals surface area contributed by atoms with E-state index in [1.165, 1.54) is 0 Å². The van der Waals surface area contributed by atoms with E-state index < -0.39 is 0 Å². The molecule has 0 saturated carbocycles. The molecule has 1 heterocycles. The van der Waals surface area contributed by atoms with Crippen molar-refractivity contribution in [2.75, 3.05) is 0 Å². The lowest BCUT2D eigenvalue weighted by Crippen LogP contribution is -2.09. The van der Waals surface area contributed by atoms with Gasteiger partial charge >= 0.3 is 0 Å². The topological polar surface area (TPSA) is 65.6 Å². The summed E-state index contributed by atoms with van der Waals surface area (Å²) in [5, 5.41) is 8.30. The van der Waals surface area contributed by atoms with E-state index in [-0.39, 0.29) is 6.04 Å². The molecule has 0 fully saturated rings. The van der Waals surface area contributed by atoms with E-state index >= 15 is 0 Å². The Hall–Kier alpha value is -1.27. The zero-order valence-electron chi connectivity index (χ0n) is 6.25. The number of hydrogen-bond acceptors (Lipinski definition) is 2. The van der Waals surface area contributed by atoms with Crippen LogP contribution in [0.15, 0.2) is 18.3 Å². The molecule has 1 aromatic rings. The van der Waals surface area contributed by atoms with Gasteiger partial charge in [-0.25, -0.2) is 0 Å². The predicted molar refractivity (Wildman–Crippen MR) is 42.6 cm³/mol. The van der Waals surface area contributed by atoms with Crippen molar-refractivity contribution < 1.29 is 0 Å². The number of nitriles is 1. The molecule has 0 aliphatic rings. The van der Waals surface area contributed by atoms with Gasteiger partial charge in [-0.1, -0.05) is 0 Å². The van der Waals surface area contributed by atoms with Crippen molar-refractivity contribution in [2.45, 2.75) is 18.9 Å². The van der Waals surface area contributed by atoms with E-state index in [0.717, 1.165) is 12.1 Å². The lowest BCUT2D eigenvalue weighted by molar-refractivity contribution is 0.649. The van der Waals surface area contributed by atoms with Crippen LogP contribution in [0.1, 0.15) is 24.6 Å². The van der Waals surface area contributed by atoms with Crippen molar-refractivity contribution >= 4 is 0 Å². The summed E-state index contributed by atoms with van der Waals surface area (Å²) in [6.07, 6.45) is 3.07. The summed E-state index contributed by atoms with van der Waals surface area (Å²) in [6.45, 7) is 0. The summed E-state index contributed by atoms with van der Waals surface area (Å²) < 4.78 is 0. The third kappa shape index (κ3) is 2.10. The van der Waals surface area contributed by atoms with Gasteiger partial charge in [0, 0.05) is 24.4 Å². The number of nitrogens with two attached hydrogens (primary N) is 1. The Morgan fingerprint density at radius 3 is 3.09 bits per heavy atom. The van der Waals surface area contributed by atoms with Gasteiger partial charge in [-0.2, -0.15) is 5.26 Å². The van der Waals surface area contributed by atoms with Crippen molar-refractivity contribution in [3.05, 3.63) is 24.0 Å². The number of rotatable bonds is 3. The summed E-state index contributed by atoms with van der Waals surface area (Å²) >= 11 is 0. The smallest absolute Gasteiger partial charge is 0.0622 e. The van der Waals surface area contributed by atoms with Gasteiger partial charge in [-0.3, -0.25) is 0 Å². The largest absolute Gasteiger partial charge is 0.364 e. The Labute approximate surface area is 65.8 Å². The maximum atomic E-state index is 8.30. The number of nitrogens with one attached hydrogen (secondary N) is 1. The quantitative estimate of drug-likeness (QED) is 0.680. The van der Waals surface area contributed by atoms with E-state index in [2.05, 4.69) is 11.1 Å². The monoisotopic (exact) mass is 149 g/mol. The molecule has 3 heteroatoms.